The maximum atomic E-state index is 13.8. The summed E-state index contributed by atoms with van der Waals surface area (Å²) in [5.41, 5.74) is 1.49. The van der Waals surface area contributed by atoms with Gasteiger partial charge < -0.3 is 25.0 Å². The number of halogens is 2. The Balaban J connectivity index is 1.37. The second kappa shape index (κ2) is 11.7. The van der Waals surface area contributed by atoms with E-state index in [1.165, 1.54) is 29.4 Å². The van der Waals surface area contributed by atoms with Crippen LogP contribution in [-0.2, 0) is 14.3 Å². The molecular weight excluding hydrogens is 534 g/mol. The van der Waals surface area contributed by atoms with Crippen molar-refractivity contribution in [3.05, 3.63) is 35.4 Å². The number of thioether (sulfide) groups is 1. The van der Waals surface area contributed by atoms with Crippen molar-refractivity contribution >= 4 is 34.7 Å². The van der Waals surface area contributed by atoms with Crippen LogP contribution in [0, 0.1) is 11.6 Å². The van der Waals surface area contributed by atoms with E-state index < -0.39 is 42.0 Å². The molecule has 2 aliphatic carbocycles. The van der Waals surface area contributed by atoms with Crippen molar-refractivity contribution < 1.29 is 33.3 Å². The normalized spacial score (nSPS) is 26.2. The highest BCUT2D eigenvalue weighted by atomic mass is 32.2. The van der Waals surface area contributed by atoms with Crippen LogP contribution in [0.3, 0.4) is 0 Å². The maximum Gasteiger partial charge on any atom is 0.302 e. The number of nitrogens with zero attached hydrogens (tertiary/aromatic N) is 5. The zero-order valence-electron chi connectivity index (χ0n) is 21.5. The average Bonchev–Trinajstić information content (AvgIpc) is 3.45. The summed E-state index contributed by atoms with van der Waals surface area (Å²) in [6.45, 7) is 3.46. The molecule has 3 N–H and O–H groups in total. The van der Waals surface area contributed by atoms with Gasteiger partial charge in [-0.05, 0) is 30.5 Å². The van der Waals surface area contributed by atoms with Gasteiger partial charge >= 0.3 is 5.97 Å². The van der Waals surface area contributed by atoms with Gasteiger partial charge in [0.25, 0.3) is 0 Å². The number of hydrogen-bond acceptors (Lipinski definition) is 11. The molecular formula is C25H30F2N6O5S. The number of hydrogen-bond donors (Lipinski definition) is 3. The lowest BCUT2D eigenvalue weighted by Gasteiger charge is -2.17. The fraction of sp³-hybridized carbons (Fsp3) is 0.560. The minimum atomic E-state index is -1.19. The number of aliphatic hydroxyl groups excluding tert-OH is 2. The average molecular weight is 565 g/mol. The van der Waals surface area contributed by atoms with Crippen LogP contribution in [0.5, 0.6) is 0 Å². The molecule has 2 aliphatic rings. The molecule has 1 unspecified atom stereocenters. The third-order valence-electron chi connectivity index (χ3n) is 6.86. The smallest absolute Gasteiger partial charge is 0.302 e. The number of ether oxygens (including phenoxy) is 2. The Labute approximate surface area is 227 Å². The Morgan fingerprint density at radius 2 is 2.00 bits per heavy atom. The highest BCUT2D eigenvalue weighted by Gasteiger charge is 2.45. The standard InChI is InChI=1S/C25H30F2N6O5S/c1-3-8-39-25-29-23(28-17-10-14(17)13-4-5-15(26)16(27)9-13)20-24(30-25)33(32-31-20)18-11-19(22(36)21(18)35)38-7-6-37-12(2)34/h4-5,9,14,17-19,21-22,35-36H,3,6-8,10-11H2,1-2H3,(H,28,29,30)/t14?,17-,18-,19+,21+,22-/m1/s1. The van der Waals surface area contributed by atoms with E-state index in [4.69, 9.17) is 9.47 Å². The number of fused-ring (bicyclic) bond motifs is 1. The molecule has 0 amide bonds. The van der Waals surface area contributed by atoms with E-state index in [0.717, 1.165) is 18.2 Å². The van der Waals surface area contributed by atoms with Gasteiger partial charge in [-0.2, -0.15) is 0 Å². The molecule has 210 valence electrons. The van der Waals surface area contributed by atoms with Crippen LogP contribution in [0.1, 0.15) is 50.6 Å². The summed E-state index contributed by atoms with van der Waals surface area (Å²) in [5.74, 6) is -0.954. The second-order valence-corrected chi connectivity index (χ2v) is 10.8. The van der Waals surface area contributed by atoms with E-state index in [2.05, 4.69) is 25.6 Å². The Hall–Kier alpha value is -2.94. The van der Waals surface area contributed by atoms with Gasteiger partial charge in [0, 0.05) is 31.1 Å². The van der Waals surface area contributed by atoms with Crippen molar-refractivity contribution in [3.63, 3.8) is 0 Å². The van der Waals surface area contributed by atoms with Crippen LogP contribution in [-0.4, -0.2) is 84.5 Å². The van der Waals surface area contributed by atoms with Crippen molar-refractivity contribution in [1.82, 2.24) is 25.0 Å². The molecule has 0 saturated heterocycles. The Bertz CT molecular complexity index is 1350. The zero-order valence-corrected chi connectivity index (χ0v) is 22.3. The number of aromatic nitrogens is 5. The topological polar surface area (TPSA) is 145 Å². The first kappa shape index (κ1) is 27.6. The predicted molar refractivity (Wildman–Crippen MR) is 137 cm³/mol. The lowest BCUT2D eigenvalue weighted by atomic mass is 10.1. The lowest BCUT2D eigenvalue weighted by Crippen LogP contribution is -2.33. The summed E-state index contributed by atoms with van der Waals surface area (Å²) in [6, 6.07) is 3.20. The van der Waals surface area contributed by atoms with Gasteiger partial charge in [-0.1, -0.05) is 30.0 Å². The quantitative estimate of drug-likeness (QED) is 0.137. The minimum Gasteiger partial charge on any atom is -0.463 e. The molecule has 1 aromatic carbocycles. The molecule has 0 radical (unpaired) electrons. The van der Waals surface area contributed by atoms with Crippen LogP contribution in [0.25, 0.3) is 11.2 Å². The molecule has 0 bridgehead atoms. The third kappa shape index (κ3) is 5.98. The summed E-state index contributed by atoms with van der Waals surface area (Å²) in [4.78, 5) is 20.3. The van der Waals surface area contributed by atoms with Gasteiger partial charge in [-0.3, -0.25) is 4.79 Å². The number of benzene rings is 1. The second-order valence-electron chi connectivity index (χ2n) is 9.71. The fourth-order valence-corrected chi connectivity index (χ4v) is 5.49. The lowest BCUT2D eigenvalue weighted by molar-refractivity contribution is -0.144. The largest absolute Gasteiger partial charge is 0.463 e. The van der Waals surface area contributed by atoms with E-state index in [1.807, 2.05) is 6.92 Å². The number of carbonyl (C=O) groups excluding carboxylic acids is 1. The molecule has 39 heavy (non-hydrogen) atoms. The molecule has 14 heteroatoms. The molecule has 3 aromatic rings. The van der Waals surface area contributed by atoms with Gasteiger partial charge in [0.15, 0.2) is 33.8 Å². The maximum absolute atomic E-state index is 13.8. The predicted octanol–water partition coefficient (Wildman–Crippen LogP) is 2.58. The van der Waals surface area contributed by atoms with Crippen LogP contribution < -0.4 is 5.32 Å². The molecule has 0 spiro atoms. The molecule has 6 atom stereocenters. The van der Waals surface area contributed by atoms with E-state index in [1.54, 1.807) is 6.07 Å². The Morgan fingerprint density at radius 3 is 2.74 bits per heavy atom. The molecule has 2 aromatic heterocycles. The van der Waals surface area contributed by atoms with Gasteiger partial charge in [-0.25, -0.2) is 23.4 Å². The summed E-state index contributed by atoms with van der Waals surface area (Å²) in [5, 5.41) is 33.8. The van der Waals surface area contributed by atoms with E-state index >= 15 is 0 Å². The van der Waals surface area contributed by atoms with Crippen molar-refractivity contribution in [3.8, 4) is 0 Å². The molecule has 11 nitrogen and oxygen atoms in total. The number of esters is 1. The summed E-state index contributed by atoms with van der Waals surface area (Å²) >= 11 is 1.47. The fourth-order valence-electron chi connectivity index (χ4n) is 4.79. The first-order valence-electron chi connectivity index (χ1n) is 12.8. The number of aliphatic hydroxyl groups is 2. The number of rotatable bonds is 11. The van der Waals surface area contributed by atoms with E-state index in [0.29, 0.717) is 34.1 Å². The highest BCUT2D eigenvalue weighted by molar-refractivity contribution is 7.99. The molecule has 0 aliphatic heterocycles. The SMILES string of the molecule is CCCSc1nc(N[C@@H]2CC2c2ccc(F)c(F)c2)c2nnn([C@@H]3C[C@H](OCCOC(C)=O)[C@@H](O)[C@H]3O)c2n1. The zero-order chi connectivity index (χ0) is 27.7. The summed E-state index contributed by atoms with van der Waals surface area (Å²) in [7, 11) is 0. The van der Waals surface area contributed by atoms with Gasteiger partial charge in [0.05, 0.1) is 18.8 Å². The van der Waals surface area contributed by atoms with Crippen molar-refractivity contribution in [2.75, 3.05) is 24.3 Å². The number of anilines is 1. The first-order chi connectivity index (χ1) is 18.8. The Morgan fingerprint density at radius 1 is 1.18 bits per heavy atom. The van der Waals surface area contributed by atoms with Crippen molar-refractivity contribution in [2.24, 2.45) is 0 Å². The summed E-state index contributed by atoms with van der Waals surface area (Å²) < 4.78 is 39.1. The van der Waals surface area contributed by atoms with Crippen molar-refractivity contribution in [2.45, 2.75) is 74.6 Å². The van der Waals surface area contributed by atoms with Gasteiger partial charge in [0.1, 0.15) is 18.8 Å². The Kier molecular flexibility index (Phi) is 8.26. The van der Waals surface area contributed by atoms with E-state index in [9.17, 15) is 23.8 Å². The summed E-state index contributed by atoms with van der Waals surface area (Å²) in [6.07, 6.45) is -1.20. The molecule has 5 rings (SSSR count). The number of carbonyl (C=O) groups is 1. The van der Waals surface area contributed by atoms with E-state index in [-0.39, 0.29) is 31.6 Å². The van der Waals surface area contributed by atoms with Crippen LogP contribution >= 0.6 is 11.8 Å². The third-order valence-corrected chi connectivity index (χ3v) is 7.91. The van der Waals surface area contributed by atoms with Crippen LogP contribution in [0.15, 0.2) is 23.4 Å². The molecule has 2 heterocycles. The van der Waals surface area contributed by atoms with Gasteiger partial charge in [0.2, 0.25) is 0 Å². The number of nitrogens with one attached hydrogen (secondary N) is 1. The van der Waals surface area contributed by atoms with Crippen LogP contribution in [0.4, 0.5) is 14.6 Å². The van der Waals surface area contributed by atoms with Gasteiger partial charge in [-0.15, -0.1) is 5.10 Å². The van der Waals surface area contributed by atoms with Crippen molar-refractivity contribution in [1.29, 1.82) is 0 Å². The molecule has 2 fully saturated rings. The highest BCUT2D eigenvalue weighted by Crippen LogP contribution is 2.44. The van der Waals surface area contributed by atoms with Crippen LogP contribution in [0.2, 0.25) is 0 Å². The first-order valence-corrected chi connectivity index (χ1v) is 13.8. The monoisotopic (exact) mass is 564 g/mol. The minimum absolute atomic E-state index is 0.0106. The molecule has 2 saturated carbocycles.